The fraction of sp³-hybridized carbons (Fsp3) is 0.727. The first-order valence-corrected chi connectivity index (χ1v) is 5.04. The van der Waals surface area contributed by atoms with Gasteiger partial charge in [0.25, 0.3) is 0 Å². The number of hydrogen-bond donors (Lipinski definition) is 0. The molecule has 0 aromatic heterocycles. The molecule has 1 unspecified atom stereocenters. The summed E-state index contributed by atoms with van der Waals surface area (Å²) in [6, 6.07) is 0. The fourth-order valence-corrected chi connectivity index (χ4v) is 1.47. The number of carbonyl (C=O) groups is 1. The third-order valence-electron chi connectivity index (χ3n) is 2.40. The lowest BCUT2D eigenvalue weighted by Crippen LogP contribution is -2.45. The summed E-state index contributed by atoms with van der Waals surface area (Å²) in [5.74, 6) is 5.61. The van der Waals surface area contributed by atoms with Gasteiger partial charge in [-0.05, 0) is 13.5 Å². The Morgan fingerprint density at radius 3 is 3.07 bits per heavy atom. The molecule has 1 fully saturated rings. The molecule has 3 heteroatoms. The zero-order valence-electron chi connectivity index (χ0n) is 8.88. The summed E-state index contributed by atoms with van der Waals surface area (Å²) in [6.45, 7) is 7.13. The molecule has 0 radical (unpaired) electrons. The minimum atomic E-state index is -0.260. The van der Waals surface area contributed by atoms with Crippen LogP contribution in [0, 0.1) is 11.8 Å². The summed E-state index contributed by atoms with van der Waals surface area (Å²) in [5.41, 5.74) is 0. The summed E-state index contributed by atoms with van der Waals surface area (Å²) in [5, 5.41) is 0. The van der Waals surface area contributed by atoms with Gasteiger partial charge >= 0.3 is 0 Å². The maximum atomic E-state index is 11.6. The molecule has 0 bridgehead atoms. The molecule has 1 atom stereocenters. The van der Waals surface area contributed by atoms with Crippen molar-refractivity contribution in [2.24, 2.45) is 0 Å². The van der Waals surface area contributed by atoms with E-state index in [1.165, 1.54) is 0 Å². The first-order valence-electron chi connectivity index (χ1n) is 5.04. The van der Waals surface area contributed by atoms with Crippen LogP contribution < -0.4 is 0 Å². The highest BCUT2D eigenvalue weighted by Crippen LogP contribution is 2.07. The molecule has 1 heterocycles. The molecule has 0 aromatic carbocycles. The van der Waals surface area contributed by atoms with Crippen molar-refractivity contribution in [2.45, 2.75) is 26.4 Å². The number of Topliss-reactive ketones (excluding diaryl/α,β-unsaturated/α-hetero) is 1. The smallest absolute Gasteiger partial charge is 0.174 e. The Balaban J connectivity index is 2.41. The molecular formula is C11H17NO2. The van der Waals surface area contributed by atoms with Gasteiger partial charge in [-0.3, -0.25) is 9.69 Å². The Kier molecular flexibility index (Phi) is 4.64. The van der Waals surface area contributed by atoms with E-state index >= 15 is 0 Å². The Morgan fingerprint density at radius 1 is 1.64 bits per heavy atom. The van der Waals surface area contributed by atoms with Gasteiger partial charge in [-0.15, -0.1) is 5.92 Å². The van der Waals surface area contributed by atoms with Crippen molar-refractivity contribution < 1.29 is 9.53 Å². The van der Waals surface area contributed by atoms with Gasteiger partial charge in [0, 0.05) is 13.1 Å². The van der Waals surface area contributed by atoms with Crippen molar-refractivity contribution in [2.75, 3.05) is 26.2 Å². The molecular weight excluding hydrogens is 178 g/mol. The third kappa shape index (κ3) is 3.13. The van der Waals surface area contributed by atoms with Crippen molar-refractivity contribution in [1.29, 1.82) is 0 Å². The van der Waals surface area contributed by atoms with E-state index in [2.05, 4.69) is 23.7 Å². The number of hydrogen-bond acceptors (Lipinski definition) is 3. The maximum absolute atomic E-state index is 11.6. The monoisotopic (exact) mass is 195 g/mol. The van der Waals surface area contributed by atoms with Crippen LogP contribution in [0.5, 0.6) is 0 Å². The standard InChI is InChI=1S/C11H17NO2/c1-3-5-6-10(13)11-9-12(4-2)7-8-14-11/h11H,4,6-9H2,1-2H3. The molecule has 0 aliphatic carbocycles. The second-order valence-corrected chi connectivity index (χ2v) is 3.32. The van der Waals surface area contributed by atoms with Gasteiger partial charge in [0.2, 0.25) is 0 Å². The fourth-order valence-electron chi connectivity index (χ4n) is 1.47. The van der Waals surface area contributed by atoms with Crippen LogP contribution in [-0.4, -0.2) is 43.0 Å². The zero-order chi connectivity index (χ0) is 10.4. The van der Waals surface area contributed by atoms with Crippen LogP contribution in [0.1, 0.15) is 20.3 Å². The minimum absolute atomic E-state index is 0.109. The lowest BCUT2D eigenvalue weighted by Gasteiger charge is -2.30. The normalized spacial score (nSPS) is 22.6. The summed E-state index contributed by atoms with van der Waals surface area (Å²) >= 11 is 0. The molecule has 0 amide bonds. The number of carbonyl (C=O) groups excluding carboxylic acids is 1. The molecule has 0 N–H and O–H groups in total. The van der Waals surface area contributed by atoms with E-state index in [-0.39, 0.29) is 11.9 Å². The second-order valence-electron chi connectivity index (χ2n) is 3.32. The van der Waals surface area contributed by atoms with E-state index in [0.717, 1.165) is 19.6 Å². The minimum Gasteiger partial charge on any atom is -0.368 e. The van der Waals surface area contributed by atoms with Crippen LogP contribution in [0.3, 0.4) is 0 Å². The van der Waals surface area contributed by atoms with Crippen LogP contribution in [-0.2, 0) is 9.53 Å². The van der Waals surface area contributed by atoms with Gasteiger partial charge < -0.3 is 4.74 Å². The van der Waals surface area contributed by atoms with Crippen molar-refractivity contribution in [1.82, 2.24) is 4.90 Å². The Bertz CT molecular complexity index is 252. The highest BCUT2D eigenvalue weighted by Gasteiger charge is 2.24. The topological polar surface area (TPSA) is 29.5 Å². The van der Waals surface area contributed by atoms with Crippen LogP contribution in [0.15, 0.2) is 0 Å². The van der Waals surface area contributed by atoms with Crippen LogP contribution >= 0.6 is 0 Å². The summed E-state index contributed by atoms with van der Waals surface area (Å²) in [6.07, 6.45) is 0.0585. The molecule has 14 heavy (non-hydrogen) atoms. The first kappa shape index (κ1) is 11.2. The summed E-state index contributed by atoms with van der Waals surface area (Å²) in [4.78, 5) is 13.8. The van der Waals surface area contributed by atoms with E-state index in [9.17, 15) is 4.79 Å². The quantitative estimate of drug-likeness (QED) is 0.620. The van der Waals surface area contributed by atoms with Gasteiger partial charge in [-0.1, -0.05) is 12.8 Å². The molecule has 3 nitrogen and oxygen atoms in total. The number of likely N-dealkylation sites (N-methyl/N-ethyl adjacent to an activating group) is 1. The number of ketones is 1. The summed E-state index contributed by atoms with van der Waals surface area (Å²) < 4.78 is 5.41. The van der Waals surface area contributed by atoms with Gasteiger partial charge in [0.15, 0.2) is 5.78 Å². The summed E-state index contributed by atoms with van der Waals surface area (Å²) in [7, 11) is 0. The van der Waals surface area contributed by atoms with Gasteiger partial charge in [0.1, 0.15) is 6.10 Å². The highest BCUT2D eigenvalue weighted by atomic mass is 16.5. The van der Waals surface area contributed by atoms with Gasteiger partial charge in [-0.25, -0.2) is 0 Å². The van der Waals surface area contributed by atoms with E-state index in [1.807, 2.05) is 0 Å². The molecule has 1 saturated heterocycles. The predicted octanol–water partition coefficient (Wildman–Crippen LogP) is 0.690. The zero-order valence-corrected chi connectivity index (χ0v) is 8.88. The second kappa shape index (κ2) is 5.79. The average Bonchev–Trinajstić information content (AvgIpc) is 2.26. The lowest BCUT2D eigenvalue weighted by atomic mass is 10.1. The van der Waals surface area contributed by atoms with Gasteiger partial charge in [0.05, 0.1) is 13.0 Å². The Morgan fingerprint density at radius 2 is 2.43 bits per heavy atom. The van der Waals surface area contributed by atoms with Crippen LogP contribution in [0.25, 0.3) is 0 Å². The molecule has 78 valence electrons. The van der Waals surface area contributed by atoms with Crippen LogP contribution in [0.2, 0.25) is 0 Å². The van der Waals surface area contributed by atoms with Crippen molar-refractivity contribution in [3.63, 3.8) is 0 Å². The van der Waals surface area contributed by atoms with Crippen molar-refractivity contribution in [3.8, 4) is 11.8 Å². The van der Waals surface area contributed by atoms with Crippen molar-refractivity contribution in [3.05, 3.63) is 0 Å². The molecule has 0 aromatic rings. The predicted molar refractivity (Wildman–Crippen MR) is 54.9 cm³/mol. The first-order chi connectivity index (χ1) is 6.77. The average molecular weight is 195 g/mol. The van der Waals surface area contributed by atoms with Crippen LogP contribution in [0.4, 0.5) is 0 Å². The number of rotatable bonds is 3. The molecule has 0 saturated carbocycles. The number of morpholine rings is 1. The molecule has 0 spiro atoms. The van der Waals surface area contributed by atoms with Gasteiger partial charge in [-0.2, -0.15) is 0 Å². The highest BCUT2D eigenvalue weighted by molar-refractivity contribution is 5.85. The van der Waals surface area contributed by atoms with E-state index in [1.54, 1.807) is 6.92 Å². The SMILES string of the molecule is CC#CCC(=O)C1CN(CC)CCO1. The number of ether oxygens (including phenoxy) is 1. The third-order valence-corrected chi connectivity index (χ3v) is 2.40. The molecule has 1 rings (SSSR count). The maximum Gasteiger partial charge on any atom is 0.174 e. The Hall–Kier alpha value is -0.850. The Labute approximate surface area is 85.4 Å². The largest absolute Gasteiger partial charge is 0.368 e. The van der Waals surface area contributed by atoms with E-state index < -0.39 is 0 Å². The van der Waals surface area contributed by atoms with E-state index in [4.69, 9.17) is 4.74 Å². The molecule has 1 aliphatic rings. The number of nitrogens with zero attached hydrogens (tertiary/aromatic N) is 1. The molecule has 1 aliphatic heterocycles. The van der Waals surface area contributed by atoms with E-state index in [0.29, 0.717) is 13.0 Å². The lowest BCUT2D eigenvalue weighted by molar-refractivity contribution is -0.135. The van der Waals surface area contributed by atoms with Crippen molar-refractivity contribution >= 4 is 5.78 Å².